The van der Waals surface area contributed by atoms with E-state index in [2.05, 4.69) is 21.9 Å². The van der Waals surface area contributed by atoms with Crippen molar-refractivity contribution in [3.63, 3.8) is 0 Å². The second-order valence-corrected chi connectivity index (χ2v) is 8.31. The highest BCUT2D eigenvalue weighted by atomic mass is 16.5. The highest BCUT2D eigenvalue weighted by molar-refractivity contribution is 5.48. The Morgan fingerprint density at radius 2 is 1.73 bits per heavy atom. The summed E-state index contributed by atoms with van der Waals surface area (Å²) in [6.07, 6.45) is 4.72. The Labute approximate surface area is 180 Å². The monoisotopic (exact) mass is 410 g/mol. The average molecular weight is 411 g/mol. The molecule has 0 amide bonds. The largest absolute Gasteiger partial charge is 0.494 e. The molecule has 0 bridgehead atoms. The van der Waals surface area contributed by atoms with Crippen LogP contribution in [0.15, 0.2) is 42.5 Å². The molecule has 4 rings (SSSR count). The molecule has 162 valence electrons. The molecular formula is C25H34N2O3. The maximum atomic E-state index is 5.86. The van der Waals surface area contributed by atoms with Gasteiger partial charge in [-0.15, -0.1) is 0 Å². The minimum Gasteiger partial charge on any atom is -0.494 e. The van der Waals surface area contributed by atoms with Crippen LogP contribution in [-0.4, -0.2) is 62.8 Å². The third-order valence-electron chi connectivity index (χ3n) is 6.38. The number of hydrogen-bond acceptors (Lipinski definition) is 5. The predicted molar refractivity (Wildman–Crippen MR) is 120 cm³/mol. The van der Waals surface area contributed by atoms with Crippen molar-refractivity contribution in [1.29, 1.82) is 0 Å². The van der Waals surface area contributed by atoms with E-state index < -0.39 is 0 Å². The van der Waals surface area contributed by atoms with Crippen LogP contribution in [0.1, 0.15) is 30.4 Å². The summed E-state index contributed by atoms with van der Waals surface area (Å²) < 4.78 is 16.9. The third-order valence-corrected chi connectivity index (χ3v) is 6.38. The number of piperidine rings is 1. The second-order valence-electron chi connectivity index (χ2n) is 8.31. The lowest BCUT2D eigenvalue weighted by Gasteiger charge is -2.41. The normalized spacial score (nSPS) is 19.9. The fraction of sp³-hybridized carbons (Fsp3) is 0.520. The minimum absolute atomic E-state index is 0.634. The molecule has 0 unspecified atom stereocenters. The number of hydrogen-bond donors (Lipinski definition) is 0. The average Bonchev–Trinajstić information content (AvgIpc) is 2.81. The number of likely N-dealkylation sites (tertiary alicyclic amines) is 1. The molecule has 2 aromatic carbocycles. The van der Waals surface area contributed by atoms with Gasteiger partial charge < -0.3 is 19.1 Å². The van der Waals surface area contributed by atoms with E-state index in [9.17, 15) is 0 Å². The number of methoxy groups -OCH3 is 2. The van der Waals surface area contributed by atoms with Crippen molar-refractivity contribution in [1.82, 2.24) is 9.80 Å². The summed E-state index contributed by atoms with van der Waals surface area (Å²) >= 11 is 0. The molecule has 1 fully saturated rings. The van der Waals surface area contributed by atoms with Crippen LogP contribution in [0.25, 0.3) is 0 Å². The molecule has 5 heteroatoms. The van der Waals surface area contributed by atoms with Gasteiger partial charge in [-0.3, -0.25) is 4.90 Å². The molecule has 30 heavy (non-hydrogen) atoms. The lowest BCUT2D eigenvalue weighted by atomic mass is 9.95. The number of para-hydroxylation sites is 1. The van der Waals surface area contributed by atoms with Gasteiger partial charge in [0.1, 0.15) is 5.75 Å². The Morgan fingerprint density at radius 1 is 0.967 bits per heavy atom. The van der Waals surface area contributed by atoms with Gasteiger partial charge in [-0.2, -0.15) is 0 Å². The van der Waals surface area contributed by atoms with Crippen LogP contribution in [0.3, 0.4) is 0 Å². The van der Waals surface area contributed by atoms with Crippen LogP contribution >= 0.6 is 0 Å². The van der Waals surface area contributed by atoms with Crippen LogP contribution in [0, 0.1) is 0 Å². The first kappa shape index (κ1) is 21.0. The lowest BCUT2D eigenvalue weighted by molar-refractivity contribution is 0.0844. The Balaban J connectivity index is 1.28. The Kier molecular flexibility index (Phi) is 7.13. The summed E-state index contributed by atoms with van der Waals surface area (Å²) in [4.78, 5) is 5.29. The lowest BCUT2D eigenvalue weighted by Crippen LogP contribution is -2.49. The molecule has 0 aliphatic carbocycles. The summed E-state index contributed by atoms with van der Waals surface area (Å²) in [7, 11) is 3.42. The molecule has 0 N–H and O–H groups in total. The fourth-order valence-electron chi connectivity index (χ4n) is 4.74. The molecule has 0 aromatic heterocycles. The Hall–Kier alpha value is -2.24. The zero-order valence-electron chi connectivity index (χ0n) is 18.3. The van der Waals surface area contributed by atoms with E-state index >= 15 is 0 Å². The molecule has 0 saturated carbocycles. The zero-order chi connectivity index (χ0) is 20.8. The van der Waals surface area contributed by atoms with E-state index in [1.807, 2.05) is 30.3 Å². The first-order valence-electron chi connectivity index (χ1n) is 11.1. The molecule has 5 nitrogen and oxygen atoms in total. The number of fused-ring (bicyclic) bond motifs is 1. The molecule has 1 saturated heterocycles. The van der Waals surface area contributed by atoms with Gasteiger partial charge in [0.15, 0.2) is 11.5 Å². The van der Waals surface area contributed by atoms with Crippen LogP contribution in [0.2, 0.25) is 0 Å². The van der Waals surface area contributed by atoms with Crippen LogP contribution in [0.4, 0.5) is 0 Å². The van der Waals surface area contributed by atoms with Gasteiger partial charge >= 0.3 is 0 Å². The maximum absolute atomic E-state index is 5.86. The SMILES string of the molecule is COc1cc2c(cc1OC)CN([C@@H]1CCCN(CCCOc3ccccc3)C1)CC2. The number of rotatable bonds is 8. The van der Waals surface area contributed by atoms with Gasteiger partial charge in [-0.25, -0.2) is 0 Å². The van der Waals surface area contributed by atoms with Crippen LogP contribution in [-0.2, 0) is 13.0 Å². The van der Waals surface area contributed by atoms with E-state index in [-0.39, 0.29) is 0 Å². The molecule has 2 aliphatic rings. The van der Waals surface area contributed by atoms with Crippen molar-refractivity contribution < 1.29 is 14.2 Å². The smallest absolute Gasteiger partial charge is 0.161 e. The number of benzene rings is 2. The summed E-state index contributed by atoms with van der Waals surface area (Å²) in [5.74, 6) is 2.64. The third kappa shape index (κ3) is 5.08. The van der Waals surface area contributed by atoms with Crippen LogP contribution in [0.5, 0.6) is 17.2 Å². The molecular weight excluding hydrogens is 376 g/mol. The summed E-state index contributed by atoms with van der Waals surface area (Å²) in [5.41, 5.74) is 2.78. The zero-order valence-corrected chi connectivity index (χ0v) is 18.3. The van der Waals surface area contributed by atoms with Gasteiger partial charge in [0.2, 0.25) is 0 Å². The first-order chi connectivity index (χ1) is 14.8. The van der Waals surface area contributed by atoms with Crippen molar-refractivity contribution in [2.45, 2.75) is 38.3 Å². The van der Waals surface area contributed by atoms with Crippen molar-refractivity contribution in [2.24, 2.45) is 0 Å². The second kappa shape index (κ2) is 10.2. The Morgan fingerprint density at radius 3 is 2.50 bits per heavy atom. The molecule has 2 aromatic rings. The minimum atomic E-state index is 0.634. The number of ether oxygens (including phenoxy) is 3. The fourth-order valence-corrected chi connectivity index (χ4v) is 4.74. The van der Waals surface area contributed by atoms with E-state index in [0.29, 0.717) is 6.04 Å². The van der Waals surface area contributed by atoms with Crippen molar-refractivity contribution >= 4 is 0 Å². The summed E-state index contributed by atoms with van der Waals surface area (Å²) in [6.45, 7) is 6.39. The quantitative estimate of drug-likeness (QED) is 0.615. The van der Waals surface area contributed by atoms with Crippen molar-refractivity contribution in [3.8, 4) is 17.2 Å². The van der Waals surface area contributed by atoms with E-state index in [1.165, 1.54) is 30.5 Å². The van der Waals surface area contributed by atoms with E-state index in [1.54, 1.807) is 14.2 Å². The highest BCUT2D eigenvalue weighted by Gasteiger charge is 2.28. The first-order valence-corrected chi connectivity index (χ1v) is 11.1. The topological polar surface area (TPSA) is 34.2 Å². The maximum Gasteiger partial charge on any atom is 0.161 e. The van der Waals surface area contributed by atoms with Crippen LogP contribution < -0.4 is 14.2 Å². The Bertz CT molecular complexity index is 812. The molecule has 2 aliphatic heterocycles. The molecule has 0 radical (unpaired) electrons. The molecule has 1 atom stereocenters. The molecule has 2 heterocycles. The van der Waals surface area contributed by atoms with Gasteiger partial charge in [0.05, 0.1) is 20.8 Å². The number of nitrogens with zero attached hydrogens (tertiary/aromatic N) is 2. The van der Waals surface area contributed by atoms with Crippen molar-refractivity contribution in [3.05, 3.63) is 53.6 Å². The van der Waals surface area contributed by atoms with Crippen molar-refractivity contribution in [2.75, 3.05) is 47.0 Å². The standard InChI is InChI=1S/C25H34N2O3/c1-28-24-16-20-11-14-27(18-21(20)17-25(24)29-2)22-8-6-12-26(19-22)13-7-15-30-23-9-4-3-5-10-23/h3-5,9-10,16-17,22H,6-8,11-15,18-19H2,1-2H3/t22-/m1/s1. The van der Waals surface area contributed by atoms with Gasteiger partial charge in [0.25, 0.3) is 0 Å². The van der Waals surface area contributed by atoms with E-state index in [4.69, 9.17) is 14.2 Å². The summed E-state index contributed by atoms with van der Waals surface area (Å²) in [6, 6.07) is 15.1. The van der Waals surface area contributed by atoms with Gasteiger partial charge in [-0.05, 0) is 67.6 Å². The molecule has 0 spiro atoms. The van der Waals surface area contributed by atoms with Gasteiger partial charge in [0, 0.05) is 32.2 Å². The van der Waals surface area contributed by atoms with E-state index in [0.717, 1.165) is 62.9 Å². The highest BCUT2D eigenvalue weighted by Crippen LogP contribution is 2.34. The van der Waals surface area contributed by atoms with Gasteiger partial charge in [-0.1, -0.05) is 18.2 Å². The summed E-state index contributed by atoms with van der Waals surface area (Å²) in [5, 5.41) is 0. The predicted octanol–water partition coefficient (Wildman–Crippen LogP) is 4.00.